The van der Waals surface area contributed by atoms with Crippen molar-refractivity contribution in [2.45, 2.75) is 25.7 Å². The lowest BCUT2D eigenvalue weighted by molar-refractivity contribution is -0.137. The number of aliphatic hydroxyl groups excluding tert-OH is 1. The number of amides is 2. The molecule has 1 aliphatic carbocycles. The molecule has 1 aliphatic heterocycles. The molecule has 5 heteroatoms. The third-order valence-electron chi connectivity index (χ3n) is 4.61. The van der Waals surface area contributed by atoms with Gasteiger partial charge >= 0.3 is 0 Å². The van der Waals surface area contributed by atoms with Crippen LogP contribution in [0.1, 0.15) is 25.7 Å². The predicted octanol–water partition coefficient (Wildman–Crippen LogP) is 0.642. The Morgan fingerprint density at radius 1 is 1.60 bits per heavy atom. The first-order valence-electron chi connectivity index (χ1n) is 7.26. The molecule has 2 aliphatic rings. The van der Waals surface area contributed by atoms with Gasteiger partial charge in [0.1, 0.15) is 0 Å². The Bertz CT molecular complexity index is 398. The second kappa shape index (κ2) is 5.95. The zero-order valence-electron chi connectivity index (χ0n) is 12.2. The molecule has 1 N–H and O–H groups in total. The first kappa shape index (κ1) is 15.0. The molecule has 1 saturated carbocycles. The van der Waals surface area contributed by atoms with Gasteiger partial charge in [0.2, 0.25) is 11.8 Å². The number of carbonyl (C=O) groups is 2. The lowest BCUT2D eigenvalue weighted by Gasteiger charge is -2.43. The molecule has 1 heterocycles. The summed E-state index contributed by atoms with van der Waals surface area (Å²) in [5.74, 6) is -0.204. The van der Waals surface area contributed by atoms with Crippen molar-refractivity contribution in [2.75, 3.05) is 33.3 Å². The zero-order valence-corrected chi connectivity index (χ0v) is 12.2. The number of likely N-dealkylation sites (tertiary alicyclic amines) is 1. The number of aliphatic hydroxyl groups is 1. The molecule has 0 spiro atoms. The average Bonchev–Trinajstić information content (AvgIpc) is 2.75. The summed E-state index contributed by atoms with van der Waals surface area (Å²) in [7, 11) is 1.78. The molecule has 2 rings (SSSR count). The second-order valence-corrected chi connectivity index (χ2v) is 6.19. The van der Waals surface area contributed by atoms with Crippen molar-refractivity contribution in [3.63, 3.8) is 0 Å². The highest BCUT2D eigenvalue weighted by Crippen LogP contribution is 2.41. The summed E-state index contributed by atoms with van der Waals surface area (Å²) in [6.07, 6.45) is 5.06. The summed E-state index contributed by atoms with van der Waals surface area (Å²) in [6.45, 7) is 5.35. The van der Waals surface area contributed by atoms with Crippen molar-refractivity contribution in [3.8, 4) is 0 Å². The third-order valence-corrected chi connectivity index (χ3v) is 4.61. The maximum atomic E-state index is 12.4. The van der Waals surface area contributed by atoms with Crippen LogP contribution in [-0.4, -0.2) is 60.0 Å². The van der Waals surface area contributed by atoms with E-state index in [-0.39, 0.29) is 29.8 Å². The van der Waals surface area contributed by atoms with Crippen LogP contribution in [0.5, 0.6) is 0 Å². The van der Waals surface area contributed by atoms with Gasteiger partial charge in [-0.15, -0.1) is 6.58 Å². The fourth-order valence-electron chi connectivity index (χ4n) is 3.21. The topological polar surface area (TPSA) is 60.9 Å². The van der Waals surface area contributed by atoms with E-state index in [1.54, 1.807) is 22.9 Å². The van der Waals surface area contributed by atoms with Crippen molar-refractivity contribution >= 4 is 11.8 Å². The Balaban J connectivity index is 1.91. The van der Waals surface area contributed by atoms with E-state index in [0.717, 1.165) is 19.3 Å². The maximum Gasteiger partial charge on any atom is 0.227 e. The fourth-order valence-corrected chi connectivity index (χ4v) is 3.21. The van der Waals surface area contributed by atoms with Crippen LogP contribution in [-0.2, 0) is 9.59 Å². The summed E-state index contributed by atoms with van der Waals surface area (Å²) in [5, 5.41) is 9.48. The second-order valence-electron chi connectivity index (χ2n) is 6.19. The first-order chi connectivity index (χ1) is 9.51. The normalized spacial score (nSPS) is 24.4. The molecule has 2 fully saturated rings. The molecule has 1 atom stereocenters. The van der Waals surface area contributed by atoms with E-state index in [1.807, 2.05) is 0 Å². The van der Waals surface area contributed by atoms with E-state index in [4.69, 9.17) is 0 Å². The number of carbonyl (C=O) groups excluding carboxylic acids is 2. The number of nitrogens with zero attached hydrogens (tertiary/aromatic N) is 2. The third kappa shape index (κ3) is 2.87. The van der Waals surface area contributed by atoms with Crippen molar-refractivity contribution < 1.29 is 14.7 Å². The van der Waals surface area contributed by atoms with Crippen LogP contribution in [0.4, 0.5) is 0 Å². The molecule has 0 radical (unpaired) electrons. The Morgan fingerprint density at radius 2 is 2.30 bits per heavy atom. The molecular formula is C15H24N2O3. The number of hydrogen-bond donors (Lipinski definition) is 1. The van der Waals surface area contributed by atoms with Gasteiger partial charge in [-0.2, -0.15) is 0 Å². The van der Waals surface area contributed by atoms with Gasteiger partial charge in [0, 0.05) is 38.5 Å². The summed E-state index contributed by atoms with van der Waals surface area (Å²) in [5.41, 5.74) is -0.103. The lowest BCUT2D eigenvalue weighted by Crippen LogP contribution is -2.47. The minimum atomic E-state index is -0.247. The van der Waals surface area contributed by atoms with Gasteiger partial charge in [0.25, 0.3) is 0 Å². The summed E-state index contributed by atoms with van der Waals surface area (Å²) in [6, 6.07) is 0. The van der Waals surface area contributed by atoms with E-state index in [9.17, 15) is 14.7 Å². The Labute approximate surface area is 120 Å². The SMILES string of the molecule is C=CCN1C[C@H](C(=O)N(C)CC2(CO)CCC2)CC1=O. The predicted molar refractivity (Wildman–Crippen MR) is 75.9 cm³/mol. The van der Waals surface area contributed by atoms with Crippen LogP contribution in [0.2, 0.25) is 0 Å². The van der Waals surface area contributed by atoms with Crippen LogP contribution >= 0.6 is 0 Å². The molecule has 5 nitrogen and oxygen atoms in total. The van der Waals surface area contributed by atoms with E-state index < -0.39 is 0 Å². The van der Waals surface area contributed by atoms with Crippen LogP contribution in [0.3, 0.4) is 0 Å². The highest BCUT2D eigenvalue weighted by molar-refractivity contribution is 5.89. The minimum absolute atomic E-state index is 0.0182. The molecule has 112 valence electrons. The van der Waals surface area contributed by atoms with Crippen LogP contribution in [0.15, 0.2) is 12.7 Å². The summed E-state index contributed by atoms with van der Waals surface area (Å²) >= 11 is 0. The molecule has 20 heavy (non-hydrogen) atoms. The molecule has 0 aromatic rings. The van der Waals surface area contributed by atoms with Crippen molar-refractivity contribution in [2.24, 2.45) is 11.3 Å². The molecule has 0 aromatic carbocycles. The number of hydrogen-bond acceptors (Lipinski definition) is 3. The fraction of sp³-hybridized carbons (Fsp3) is 0.733. The zero-order chi connectivity index (χ0) is 14.8. The maximum absolute atomic E-state index is 12.4. The molecule has 2 amide bonds. The largest absolute Gasteiger partial charge is 0.396 e. The lowest BCUT2D eigenvalue weighted by atomic mass is 9.69. The van der Waals surface area contributed by atoms with Gasteiger partial charge in [-0.3, -0.25) is 9.59 Å². The van der Waals surface area contributed by atoms with E-state index in [2.05, 4.69) is 6.58 Å². The van der Waals surface area contributed by atoms with E-state index in [0.29, 0.717) is 26.1 Å². The Morgan fingerprint density at radius 3 is 2.80 bits per heavy atom. The quantitative estimate of drug-likeness (QED) is 0.726. The summed E-state index contributed by atoms with van der Waals surface area (Å²) in [4.78, 5) is 27.6. The highest BCUT2D eigenvalue weighted by atomic mass is 16.3. The van der Waals surface area contributed by atoms with Gasteiger partial charge in [-0.1, -0.05) is 12.5 Å². The van der Waals surface area contributed by atoms with Crippen LogP contribution < -0.4 is 0 Å². The van der Waals surface area contributed by atoms with Crippen LogP contribution in [0, 0.1) is 11.3 Å². The van der Waals surface area contributed by atoms with Gasteiger partial charge in [0.15, 0.2) is 0 Å². The highest BCUT2D eigenvalue weighted by Gasteiger charge is 2.41. The molecule has 0 bridgehead atoms. The Kier molecular flexibility index (Phi) is 4.48. The summed E-state index contributed by atoms with van der Waals surface area (Å²) < 4.78 is 0. The van der Waals surface area contributed by atoms with Gasteiger partial charge in [0.05, 0.1) is 12.5 Å². The molecule has 1 saturated heterocycles. The monoisotopic (exact) mass is 280 g/mol. The molecule has 0 aromatic heterocycles. The minimum Gasteiger partial charge on any atom is -0.396 e. The van der Waals surface area contributed by atoms with Crippen molar-refractivity contribution in [3.05, 3.63) is 12.7 Å². The van der Waals surface area contributed by atoms with Gasteiger partial charge in [-0.25, -0.2) is 0 Å². The first-order valence-corrected chi connectivity index (χ1v) is 7.26. The van der Waals surface area contributed by atoms with E-state index in [1.165, 1.54) is 0 Å². The molecular weight excluding hydrogens is 256 g/mol. The van der Waals surface area contributed by atoms with Crippen molar-refractivity contribution in [1.29, 1.82) is 0 Å². The number of rotatable bonds is 6. The average molecular weight is 280 g/mol. The smallest absolute Gasteiger partial charge is 0.227 e. The van der Waals surface area contributed by atoms with Crippen molar-refractivity contribution in [1.82, 2.24) is 9.80 Å². The Hall–Kier alpha value is -1.36. The standard InChI is InChI=1S/C15H24N2O3/c1-3-7-17-9-12(8-13(17)19)14(20)16(2)10-15(11-18)5-4-6-15/h3,12,18H,1,4-11H2,2H3/t12-/m1/s1. The van der Waals surface area contributed by atoms with E-state index >= 15 is 0 Å². The van der Waals surface area contributed by atoms with Crippen LogP contribution in [0.25, 0.3) is 0 Å². The van der Waals surface area contributed by atoms with Gasteiger partial charge in [-0.05, 0) is 12.8 Å². The molecule has 0 unspecified atom stereocenters. The van der Waals surface area contributed by atoms with Gasteiger partial charge < -0.3 is 14.9 Å².